The lowest BCUT2D eigenvalue weighted by Gasteiger charge is -2.17. The first-order valence-corrected chi connectivity index (χ1v) is 8.02. The summed E-state index contributed by atoms with van der Waals surface area (Å²) in [7, 11) is 0. The Morgan fingerprint density at radius 3 is 2.50 bits per heavy atom. The number of hydrogen-bond donors (Lipinski definition) is 0. The molecule has 0 aromatic rings. The van der Waals surface area contributed by atoms with Gasteiger partial charge >= 0.3 is 5.97 Å². The maximum absolute atomic E-state index is 11.7. The van der Waals surface area contributed by atoms with Crippen LogP contribution in [0, 0.1) is 0 Å². The third-order valence-corrected chi connectivity index (χ3v) is 3.83. The summed E-state index contributed by atoms with van der Waals surface area (Å²) in [6, 6.07) is 0. The number of rotatable bonds is 5. The highest BCUT2D eigenvalue weighted by Gasteiger charge is 2.14. The molecule has 0 bridgehead atoms. The van der Waals surface area contributed by atoms with Gasteiger partial charge in [0.05, 0.1) is 0 Å². The Balaban J connectivity index is 2.27. The summed E-state index contributed by atoms with van der Waals surface area (Å²) >= 11 is 0. The molecule has 1 heterocycles. The molecule has 1 atom stereocenters. The summed E-state index contributed by atoms with van der Waals surface area (Å²) in [5.74, 6) is 0.0393. The topological polar surface area (TPSA) is 26.3 Å². The van der Waals surface area contributed by atoms with Crippen molar-refractivity contribution < 1.29 is 9.53 Å². The Labute approximate surface area is 112 Å². The third-order valence-electron chi connectivity index (χ3n) is 3.83. The van der Waals surface area contributed by atoms with Crippen molar-refractivity contribution in [1.29, 1.82) is 0 Å². The molecule has 2 heteroatoms. The Hall–Kier alpha value is -0.530. The van der Waals surface area contributed by atoms with Gasteiger partial charge in [-0.15, -0.1) is 0 Å². The van der Waals surface area contributed by atoms with Gasteiger partial charge in [-0.25, -0.2) is 0 Å². The van der Waals surface area contributed by atoms with Crippen molar-refractivity contribution in [2.75, 3.05) is 0 Å². The second-order valence-corrected chi connectivity index (χ2v) is 5.62. The van der Waals surface area contributed by atoms with Crippen LogP contribution in [-0.4, -0.2) is 12.1 Å². The molecule has 1 fully saturated rings. The summed E-state index contributed by atoms with van der Waals surface area (Å²) in [6.07, 6.45) is 15.4. The minimum atomic E-state index is 0.0393. The van der Waals surface area contributed by atoms with Gasteiger partial charge in [-0.05, 0) is 32.1 Å². The average Bonchev–Trinajstić information content (AvgIpc) is 2.40. The lowest BCUT2D eigenvalue weighted by molar-refractivity contribution is -0.150. The van der Waals surface area contributed by atoms with E-state index in [1.165, 1.54) is 57.8 Å². The molecule has 0 aromatic carbocycles. The van der Waals surface area contributed by atoms with Crippen molar-refractivity contribution in [3.05, 3.63) is 0 Å². The Bertz CT molecular complexity index is 213. The van der Waals surface area contributed by atoms with Crippen LogP contribution in [-0.2, 0) is 9.53 Å². The van der Waals surface area contributed by atoms with Gasteiger partial charge < -0.3 is 4.74 Å². The predicted octanol–water partition coefficient (Wildman–Crippen LogP) is 5.00. The first-order chi connectivity index (χ1) is 8.83. The maximum Gasteiger partial charge on any atom is 0.306 e. The van der Waals surface area contributed by atoms with E-state index in [4.69, 9.17) is 4.74 Å². The number of carbonyl (C=O) groups is 1. The van der Waals surface area contributed by atoms with E-state index in [9.17, 15) is 4.79 Å². The maximum atomic E-state index is 11.7. The monoisotopic (exact) mass is 254 g/mol. The summed E-state index contributed by atoms with van der Waals surface area (Å²) in [5.41, 5.74) is 0. The number of unbranched alkanes of at least 4 members (excludes halogenated alkanes) is 3. The van der Waals surface area contributed by atoms with E-state index in [1.807, 2.05) is 0 Å². The van der Waals surface area contributed by atoms with E-state index >= 15 is 0 Å². The normalized spacial score (nSPS) is 23.2. The first kappa shape index (κ1) is 15.5. The quantitative estimate of drug-likeness (QED) is 0.509. The molecule has 0 spiro atoms. The Morgan fingerprint density at radius 2 is 1.72 bits per heavy atom. The van der Waals surface area contributed by atoms with Crippen molar-refractivity contribution in [2.24, 2.45) is 0 Å². The number of ether oxygens (including phenoxy) is 1. The van der Waals surface area contributed by atoms with Crippen LogP contribution >= 0.6 is 0 Å². The van der Waals surface area contributed by atoms with Gasteiger partial charge in [0.15, 0.2) is 0 Å². The largest absolute Gasteiger partial charge is 0.462 e. The minimum Gasteiger partial charge on any atom is -0.462 e. The van der Waals surface area contributed by atoms with Crippen molar-refractivity contribution in [1.82, 2.24) is 0 Å². The van der Waals surface area contributed by atoms with Crippen LogP contribution in [0.5, 0.6) is 0 Å². The molecule has 1 unspecified atom stereocenters. The number of carbonyl (C=O) groups excluding carboxylic acids is 1. The molecular formula is C16H30O2. The van der Waals surface area contributed by atoms with Crippen LogP contribution in [0.15, 0.2) is 0 Å². The second-order valence-electron chi connectivity index (χ2n) is 5.62. The molecule has 0 amide bonds. The van der Waals surface area contributed by atoms with Gasteiger partial charge in [-0.3, -0.25) is 4.79 Å². The summed E-state index contributed by atoms with van der Waals surface area (Å²) in [4.78, 5) is 11.7. The zero-order valence-corrected chi connectivity index (χ0v) is 12.1. The highest BCUT2D eigenvalue weighted by molar-refractivity contribution is 5.69. The molecule has 1 rings (SSSR count). The van der Waals surface area contributed by atoms with E-state index in [-0.39, 0.29) is 12.1 Å². The highest BCUT2D eigenvalue weighted by Crippen LogP contribution is 2.18. The zero-order valence-electron chi connectivity index (χ0n) is 12.1. The molecular weight excluding hydrogens is 224 g/mol. The van der Waals surface area contributed by atoms with Gasteiger partial charge in [0, 0.05) is 6.42 Å². The first-order valence-electron chi connectivity index (χ1n) is 8.02. The smallest absolute Gasteiger partial charge is 0.306 e. The van der Waals surface area contributed by atoms with Gasteiger partial charge in [-0.2, -0.15) is 0 Å². The molecule has 1 aliphatic rings. The van der Waals surface area contributed by atoms with E-state index in [1.54, 1.807) is 0 Å². The van der Waals surface area contributed by atoms with E-state index in [0.29, 0.717) is 6.42 Å². The lowest BCUT2D eigenvalue weighted by Crippen LogP contribution is -2.18. The Morgan fingerprint density at radius 1 is 1.00 bits per heavy atom. The summed E-state index contributed by atoms with van der Waals surface area (Å²) in [6.45, 7) is 2.23. The third kappa shape index (κ3) is 7.73. The van der Waals surface area contributed by atoms with Crippen molar-refractivity contribution >= 4 is 5.97 Å². The van der Waals surface area contributed by atoms with Gasteiger partial charge in [0.1, 0.15) is 6.10 Å². The van der Waals surface area contributed by atoms with Crippen molar-refractivity contribution in [2.45, 2.75) is 96.5 Å². The zero-order chi connectivity index (χ0) is 13.1. The molecule has 1 aliphatic heterocycles. The van der Waals surface area contributed by atoms with Crippen LogP contribution in [0.4, 0.5) is 0 Å². The molecule has 0 radical (unpaired) electrons. The Kier molecular flexibility index (Phi) is 8.97. The molecule has 18 heavy (non-hydrogen) atoms. The van der Waals surface area contributed by atoms with Crippen LogP contribution in [0.2, 0.25) is 0 Å². The SMILES string of the molecule is CCCCCCC1CCCCCCCCC(=O)O1. The van der Waals surface area contributed by atoms with Crippen LogP contribution in [0.1, 0.15) is 90.4 Å². The fraction of sp³-hybridized carbons (Fsp3) is 0.938. The fourth-order valence-electron chi connectivity index (χ4n) is 2.65. The molecule has 2 nitrogen and oxygen atoms in total. The van der Waals surface area contributed by atoms with Gasteiger partial charge in [-0.1, -0.05) is 51.9 Å². The predicted molar refractivity (Wildman–Crippen MR) is 75.6 cm³/mol. The van der Waals surface area contributed by atoms with Crippen LogP contribution < -0.4 is 0 Å². The standard InChI is InChI=1S/C16H30O2/c1-2-3-4-9-12-15-13-10-7-5-6-8-11-14-16(17)18-15/h15H,2-14H2,1H3. The molecule has 0 saturated carbocycles. The van der Waals surface area contributed by atoms with Crippen molar-refractivity contribution in [3.63, 3.8) is 0 Å². The van der Waals surface area contributed by atoms with Crippen molar-refractivity contribution in [3.8, 4) is 0 Å². The number of hydrogen-bond acceptors (Lipinski definition) is 2. The summed E-state index contributed by atoms with van der Waals surface area (Å²) in [5, 5.41) is 0. The van der Waals surface area contributed by atoms with Gasteiger partial charge in [0.2, 0.25) is 0 Å². The molecule has 0 aliphatic carbocycles. The number of esters is 1. The summed E-state index contributed by atoms with van der Waals surface area (Å²) < 4.78 is 5.62. The second kappa shape index (κ2) is 10.4. The molecule has 0 aromatic heterocycles. The highest BCUT2D eigenvalue weighted by atomic mass is 16.5. The molecule has 106 valence electrons. The minimum absolute atomic E-state index is 0.0393. The van der Waals surface area contributed by atoms with Gasteiger partial charge in [0.25, 0.3) is 0 Å². The van der Waals surface area contributed by atoms with E-state index in [0.717, 1.165) is 19.3 Å². The van der Waals surface area contributed by atoms with E-state index in [2.05, 4.69) is 6.92 Å². The van der Waals surface area contributed by atoms with E-state index < -0.39 is 0 Å². The lowest BCUT2D eigenvalue weighted by atomic mass is 10.0. The molecule has 1 saturated heterocycles. The van der Waals surface area contributed by atoms with Crippen LogP contribution in [0.25, 0.3) is 0 Å². The number of cyclic esters (lactones) is 1. The molecule has 0 N–H and O–H groups in total. The fourth-order valence-corrected chi connectivity index (χ4v) is 2.65. The van der Waals surface area contributed by atoms with Crippen LogP contribution in [0.3, 0.4) is 0 Å². The average molecular weight is 254 g/mol.